The van der Waals surface area contributed by atoms with Crippen molar-refractivity contribution in [1.82, 2.24) is 24.9 Å². The Morgan fingerprint density at radius 3 is 2.84 bits per heavy atom. The van der Waals surface area contributed by atoms with Gasteiger partial charge in [-0.1, -0.05) is 0 Å². The summed E-state index contributed by atoms with van der Waals surface area (Å²) in [5.74, 6) is -0.109. The van der Waals surface area contributed by atoms with Crippen molar-refractivity contribution in [2.45, 2.75) is 25.6 Å². The van der Waals surface area contributed by atoms with Crippen LogP contribution in [0.5, 0.6) is 0 Å². The molecule has 9 nitrogen and oxygen atoms in total. The highest BCUT2D eigenvalue weighted by Crippen LogP contribution is 2.10. The minimum absolute atomic E-state index is 0.0463. The zero-order chi connectivity index (χ0) is 17.8. The summed E-state index contributed by atoms with van der Waals surface area (Å²) in [5.41, 5.74) is 0.579. The molecule has 0 aromatic carbocycles. The van der Waals surface area contributed by atoms with Crippen molar-refractivity contribution in [1.29, 1.82) is 0 Å². The molecule has 1 aromatic heterocycles. The molecule has 0 radical (unpaired) electrons. The number of rotatable bonds is 4. The number of anilines is 1. The first-order chi connectivity index (χ1) is 12.0. The molecule has 2 fully saturated rings. The lowest BCUT2D eigenvalue weighted by atomic mass is 10.1. The standard InChI is InChI=1S/C16H26N6O3/c1-12-15(17-3-8-25-12)16(24)19-13-9-18-22(10-13)11-14(23)21-6-4-20(2)5-7-21/h9-10,12,15,17H,3-8,11H2,1-2H3,(H,19,24)/t12-,15+/m1/s1. The molecule has 0 spiro atoms. The predicted octanol–water partition coefficient (Wildman–Crippen LogP) is -1.03. The van der Waals surface area contributed by atoms with E-state index in [9.17, 15) is 9.59 Å². The van der Waals surface area contributed by atoms with Crippen molar-refractivity contribution in [2.24, 2.45) is 0 Å². The first-order valence-corrected chi connectivity index (χ1v) is 8.67. The Hall–Kier alpha value is -1.97. The number of nitrogens with one attached hydrogen (secondary N) is 2. The molecule has 3 heterocycles. The van der Waals surface area contributed by atoms with Gasteiger partial charge in [0.1, 0.15) is 12.6 Å². The third-order valence-corrected chi connectivity index (χ3v) is 4.65. The number of carbonyl (C=O) groups excluding carboxylic acids is 2. The molecule has 25 heavy (non-hydrogen) atoms. The molecule has 138 valence electrons. The molecular formula is C16H26N6O3. The van der Waals surface area contributed by atoms with E-state index in [-0.39, 0.29) is 30.5 Å². The van der Waals surface area contributed by atoms with Gasteiger partial charge in [0.05, 0.1) is 24.6 Å². The Bertz CT molecular complexity index is 611. The van der Waals surface area contributed by atoms with E-state index in [0.29, 0.717) is 18.8 Å². The van der Waals surface area contributed by atoms with E-state index in [4.69, 9.17) is 4.74 Å². The van der Waals surface area contributed by atoms with Gasteiger partial charge in [0, 0.05) is 38.9 Å². The van der Waals surface area contributed by atoms with E-state index in [1.165, 1.54) is 0 Å². The monoisotopic (exact) mass is 350 g/mol. The van der Waals surface area contributed by atoms with E-state index >= 15 is 0 Å². The van der Waals surface area contributed by atoms with Gasteiger partial charge >= 0.3 is 0 Å². The second-order valence-electron chi connectivity index (χ2n) is 6.61. The van der Waals surface area contributed by atoms with Crippen molar-refractivity contribution < 1.29 is 14.3 Å². The minimum atomic E-state index is -0.385. The van der Waals surface area contributed by atoms with Crippen molar-refractivity contribution in [2.75, 3.05) is 51.7 Å². The Morgan fingerprint density at radius 2 is 2.12 bits per heavy atom. The Labute approximate surface area is 147 Å². The van der Waals surface area contributed by atoms with Crippen LogP contribution < -0.4 is 10.6 Å². The average Bonchev–Trinajstić information content (AvgIpc) is 3.02. The number of amides is 2. The second-order valence-corrected chi connectivity index (χ2v) is 6.61. The maximum atomic E-state index is 12.3. The molecule has 1 aromatic rings. The van der Waals surface area contributed by atoms with Crippen LogP contribution in [0.25, 0.3) is 0 Å². The highest BCUT2D eigenvalue weighted by Gasteiger charge is 2.28. The molecule has 3 rings (SSSR count). The van der Waals surface area contributed by atoms with Gasteiger partial charge < -0.3 is 25.2 Å². The predicted molar refractivity (Wildman–Crippen MR) is 92.1 cm³/mol. The smallest absolute Gasteiger partial charge is 0.244 e. The zero-order valence-electron chi connectivity index (χ0n) is 14.8. The summed E-state index contributed by atoms with van der Waals surface area (Å²) in [6, 6.07) is -0.385. The lowest BCUT2D eigenvalue weighted by molar-refractivity contribution is -0.133. The van der Waals surface area contributed by atoms with Crippen LogP contribution >= 0.6 is 0 Å². The van der Waals surface area contributed by atoms with Gasteiger partial charge in [-0.2, -0.15) is 5.10 Å². The fraction of sp³-hybridized carbons (Fsp3) is 0.688. The molecule has 2 saturated heterocycles. The lowest BCUT2D eigenvalue weighted by Gasteiger charge is -2.32. The topological polar surface area (TPSA) is 91.7 Å². The van der Waals surface area contributed by atoms with Crippen LogP contribution in [0.15, 0.2) is 12.4 Å². The van der Waals surface area contributed by atoms with Crippen LogP contribution in [0.2, 0.25) is 0 Å². The van der Waals surface area contributed by atoms with Crippen molar-refractivity contribution in [3.05, 3.63) is 12.4 Å². The van der Waals surface area contributed by atoms with E-state index < -0.39 is 0 Å². The van der Waals surface area contributed by atoms with Crippen LogP contribution in [-0.4, -0.2) is 89.9 Å². The number of aromatic nitrogens is 2. The third-order valence-electron chi connectivity index (χ3n) is 4.65. The van der Waals surface area contributed by atoms with Crippen molar-refractivity contribution >= 4 is 17.5 Å². The van der Waals surface area contributed by atoms with E-state index in [0.717, 1.165) is 26.2 Å². The summed E-state index contributed by atoms with van der Waals surface area (Å²) in [5, 5.41) is 10.1. The van der Waals surface area contributed by atoms with Gasteiger partial charge in [-0.15, -0.1) is 0 Å². The lowest BCUT2D eigenvalue weighted by Crippen LogP contribution is -2.53. The number of ether oxygens (including phenoxy) is 1. The maximum absolute atomic E-state index is 12.3. The fourth-order valence-corrected chi connectivity index (χ4v) is 3.06. The minimum Gasteiger partial charge on any atom is -0.375 e. The molecule has 0 unspecified atom stereocenters. The van der Waals surface area contributed by atoms with Gasteiger partial charge in [0.2, 0.25) is 11.8 Å². The van der Waals surface area contributed by atoms with Gasteiger partial charge in [-0.3, -0.25) is 14.3 Å². The molecule has 2 N–H and O–H groups in total. The fourth-order valence-electron chi connectivity index (χ4n) is 3.06. The maximum Gasteiger partial charge on any atom is 0.244 e. The third kappa shape index (κ3) is 4.56. The summed E-state index contributed by atoms with van der Waals surface area (Å²) < 4.78 is 7.04. The summed E-state index contributed by atoms with van der Waals surface area (Å²) in [6.07, 6.45) is 3.06. The van der Waals surface area contributed by atoms with Gasteiger partial charge in [-0.25, -0.2) is 0 Å². The number of hydrogen-bond acceptors (Lipinski definition) is 6. The Kier molecular flexibility index (Phi) is 5.67. The highest BCUT2D eigenvalue weighted by atomic mass is 16.5. The number of piperazine rings is 1. The van der Waals surface area contributed by atoms with E-state index in [1.54, 1.807) is 17.1 Å². The normalized spacial score (nSPS) is 25.0. The van der Waals surface area contributed by atoms with Crippen molar-refractivity contribution in [3.63, 3.8) is 0 Å². The Balaban J connectivity index is 1.51. The summed E-state index contributed by atoms with van der Waals surface area (Å²) in [4.78, 5) is 28.7. The van der Waals surface area contributed by atoms with Crippen LogP contribution in [0.4, 0.5) is 5.69 Å². The van der Waals surface area contributed by atoms with Crippen LogP contribution in [0.1, 0.15) is 6.92 Å². The van der Waals surface area contributed by atoms with Gasteiger partial charge in [-0.05, 0) is 14.0 Å². The molecule has 0 aliphatic carbocycles. The molecule has 2 amide bonds. The number of hydrogen-bond donors (Lipinski definition) is 2. The molecule has 2 aliphatic heterocycles. The first-order valence-electron chi connectivity index (χ1n) is 8.67. The van der Waals surface area contributed by atoms with Gasteiger partial charge in [0.15, 0.2) is 0 Å². The SMILES string of the molecule is C[C@H]1OCCN[C@@H]1C(=O)Nc1cnn(CC(=O)N2CCN(C)CC2)c1. The van der Waals surface area contributed by atoms with E-state index in [2.05, 4.69) is 27.7 Å². The molecular weight excluding hydrogens is 324 g/mol. The average molecular weight is 350 g/mol. The quantitative estimate of drug-likeness (QED) is 0.722. The Morgan fingerprint density at radius 1 is 1.36 bits per heavy atom. The first kappa shape index (κ1) is 17.8. The molecule has 0 bridgehead atoms. The largest absolute Gasteiger partial charge is 0.375 e. The molecule has 0 saturated carbocycles. The number of carbonyl (C=O) groups is 2. The summed E-state index contributed by atoms with van der Waals surface area (Å²) in [7, 11) is 2.05. The van der Waals surface area contributed by atoms with Crippen LogP contribution in [-0.2, 0) is 20.9 Å². The second kappa shape index (κ2) is 7.94. The van der Waals surface area contributed by atoms with Crippen LogP contribution in [0.3, 0.4) is 0 Å². The number of morpholine rings is 1. The molecule has 2 aliphatic rings. The summed E-state index contributed by atoms with van der Waals surface area (Å²) in [6.45, 7) is 6.58. The number of likely N-dealkylation sites (N-methyl/N-ethyl adjacent to an activating group) is 1. The van der Waals surface area contributed by atoms with Crippen LogP contribution in [0, 0.1) is 0 Å². The molecule has 9 heteroatoms. The van der Waals surface area contributed by atoms with E-state index in [1.807, 2.05) is 11.8 Å². The summed E-state index contributed by atoms with van der Waals surface area (Å²) >= 11 is 0. The highest BCUT2D eigenvalue weighted by molar-refractivity contribution is 5.95. The zero-order valence-corrected chi connectivity index (χ0v) is 14.8. The number of nitrogens with zero attached hydrogens (tertiary/aromatic N) is 4. The molecule has 2 atom stereocenters. The van der Waals surface area contributed by atoms with Gasteiger partial charge in [0.25, 0.3) is 0 Å². The van der Waals surface area contributed by atoms with Crippen molar-refractivity contribution in [3.8, 4) is 0 Å².